The first-order valence-electron chi connectivity index (χ1n) is 5.48. The molecule has 2 nitrogen and oxygen atoms in total. The Bertz CT molecular complexity index is 363. The van der Waals surface area contributed by atoms with E-state index in [0.717, 1.165) is 30.2 Å². The van der Waals surface area contributed by atoms with Gasteiger partial charge in [0.25, 0.3) is 0 Å². The van der Waals surface area contributed by atoms with Crippen molar-refractivity contribution < 1.29 is 4.79 Å². The van der Waals surface area contributed by atoms with Crippen molar-refractivity contribution in [2.75, 3.05) is 0 Å². The molecule has 0 saturated heterocycles. The van der Waals surface area contributed by atoms with Gasteiger partial charge in [0.1, 0.15) is 0 Å². The highest BCUT2D eigenvalue weighted by Gasteiger charge is 2.05. The zero-order valence-corrected chi connectivity index (χ0v) is 10.9. The van der Waals surface area contributed by atoms with Gasteiger partial charge in [-0.15, -0.1) is 6.58 Å². The summed E-state index contributed by atoms with van der Waals surface area (Å²) in [4.78, 5) is 15.7. The zero-order chi connectivity index (χ0) is 11.8. The van der Waals surface area contributed by atoms with E-state index in [4.69, 9.17) is 0 Å². The van der Waals surface area contributed by atoms with Gasteiger partial charge in [-0.25, -0.2) is 0 Å². The van der Waals surface area contributed by atoms with Crippen LogP contribution in [0.3, 0.4) is 0 Å². The van der Waals surface area contributed by atoms with E-state index in [2.05, 4.69) is 27.5 Å². The fraction of sp³-hybridized carbons (Fsp3) is 0.385. The minimum absolute atomic E-state index is 0.174. The molecule has 1 heterocycles. The largest absolute Gasteiger partial charge is 0.294 e. The van der Waals surface area contributed by atoms with Gasteiger partial charge < -0.3 is 0 Å². The summed E-state index contributed by atoms with van der Waals surface area (Å²) in [5.41, 5.74) is 0.693. The molecule has 1 aromatic rings. The molecule has 0 radical (unpaired) electrons. The number of Topliss-reactive ketones (excluding diaryl/α,β-unsaturated/α-hetero) is 1. The molecular weight excluding hydrogens is 266 g/mol. The van der Waals surface area contributed by atoms with Gasteiger partial charge in [0.2, 0.25) is 0 Å². The van der Waals surface area contributed by atoms with Crippen LogP contribution in [0.15, 0.2) is 35.6 Å². The van der Waals surface area contributed by atoms with E-state index in [0.29, 0.717) is 12.0 Å². The third-order valence-electron chi connectivity index (χ3n) is 2.34. The van der Waals surface area contributed by atoms with Crippen LogP contribution in [-0.2, 0) is 0 Å². The SMILES string of the molecule is C=CCCCCCC(=O)c1cncc(Br)c1. The maximum Gasteiger partial charge on any atom is 0.164 e. The summed E-state index contributed by atoms with van der Waals surface area (Å²) in [7, 11) is 0. The van der Waals surface area contributed by atoms with Crippen LogP contribution in [0.2, 0.25) is 0 Å². The van der Waals surface area contributed by atoms with Crippen LogP contribution in [0, 0.1) is 0 Å². The Morgan fingerprint density at radius 2 is 2.19 bits per heavy atom. The molecule has 3 heteroatoms. The molecule has 0 saturated carbocycles. The molecule has 86 valence electrons. The van der Waals surface area contributed by atoms with Crippen molar-refractivity contribution in [2.24, 2.45) is 0 Å². The number of halogens is 1. The van der Waals surface area contributed by atoms with E-state index >= 15 is 0 Å². The molecule has 16 heavy (non-hydrogen) atoms. The lowest BCUT2D eigenvalue weighted by Crippen LogP contribution is -1.99. The molecule has 0 atom stereocenters. The van der Waals surface area contributed by atoms with E-state index in [1.165, 1.54) is 0 Å². The van der Waals surface area contributed by atoms with Crippen molar-refractivity contribution in [3.8, 4) is 0 Å². The topological polar surface area (TPSA) is 30.0 Å². The zero-order valence-electron chi connectivity index (χ0n) is 9.29. The van der Waals surface area contributed by atoms with Crippen LogP contribution in [0.5, 0.6) is 0 Å². The van der Waals surface area contributed by atoms with Crippen molar-refractivity contribution in [1.82, 2.24) is 4.98 Å². The first-order chi connectivity index (χ1) is 7.74. The summed E-state index contributed by atoms with van der Waals surface area (Å²) in [6, 6.07) is 1.82. The van der Waals surface area contributed by atoms with Gasteiger partial charge in [-0.05, 0) is 41.3 Å². The summed E-state index contributed by atoms with van der Waals surface area (Å²) >= 11 is 3.31. The highest BCUT2D eigenvalue weighted by molar-refractivity contribution is 9.10. The summed E-state index contributed by atoms with van der Waals surface area (Å²) in [5, 5.41) is 0. The lowest BCUT2D eigenvalue weighted by Gasteiger charge is -2.01. The molecule has 1 aromatic heterocycles. The van der Waals surface area contributed by atoms with Gasteiger partial charge in [0.05, 0.1) is 0 Å². The third kappa shape index (κ3) is 4.71. The van der Waals surface area contributed by atoms with E-state index < -0.39 is 0 Å². The van der Waals surface area contributed by atoms with Crippen LogP contribution in [0.4, 0.5) is 0 Å². The number of hydrogen-bond donors (Lipinski definition) is 0. The number of rotatable bonds is 7. The molecule has 0 fully saturated rings. The Balaban J connectivity index is 2.32. The number of carbonyl (C=O) groups excluding carboxylic acids is 1. The van der Waals surface area contributed by atoms with Crippen LogP contribution in [0.25, 0.3) is 0 Å². The number of aromatic nitrogens is 1. The van der Waals surface area contributed by atoms with E-state index in [1.54, 1.807) is 12.4 Å². The Morgan fingerprint density at radius 1 is 1.38 bits per heavy atom. The molecular formula is C13H16BrNO. The predicted octanol–water partition coefficient (Wildman–Crippen LogP) is 4.16. The second kappa shape index (κ2) is 7.34. The highest BCUT2D eigenvalue weighted by Crippen LogP contribution is 2.13. The number of allylic oxidation sites excluding steroid dienone is 1. The monoisotopic (exact) mass is 281 g/mol. The minimum atomic E-state index is 0.174. The van der Waals surface area contributed by atoms with Crippen molar-refractivity contribution in [3.63, 3.8) is 0 Å². The standard InChI is InChI=1S/C13H16BrNO/c1-2-3-4-5-6-7-13(16)11-8-12(14)10-15-9-11/h2,8-10H,1,3-7H2. The summed E-state index contributed by atoms with van der Waals surface area (Å²) < 4.78 is 0.852. The Kier molecular flexibility index (Phi) is 6.01. The van der Waals surface area contributed by atoms with Crippen molar-refractivity contribution in [2.45, 2.75) is 32.1 Å². The molecule has 0 unspecified atom stereocenters. The molecule has 0 aliphatic heterocycles. The van der Waals surface area contributed by atoms with E-state index in [9.17, 15) is 4.79 Å². The second-order valence-electron chi connectivity index (χ2n) is 3.70. The van der Waals surface area contributed by atoms with Gasteiger partial charge in [-0.3, -0.25) is 9.78 Å². The van der Waals surface area contributed by atoms with Crippen LogP contribution >= 0.6 is 15.9 Å². The lowest BCUT2D eigenvalue weighted by atomic mass is 10.1. The fourth-order valence-electron chi connectivity index (χ4n) is 1.46. The van der Waals surface area contributed by atoms with Gasteiger partial charge in [-0.2, -0.15) is 0 Å². The van der Waals surface area contributed by atoms with Gasteiger partial charge in [0.15, 0.2) is 5.78 Å². The van der Waals surface area contributed by atoms with Crippen molar-refractivity contribution >= 4 is 21.7 Å². The first-order valence-corrected chi connectivity index (χ1v) is 6.28. The summed E-state index contributed by atoms with van der Waals surface area (Å²) in [6.45, 7) is 3.67. The lowest BCUT2D eigenvalue weighted by molar-refractivity contribution is 0.0979. The first kappa shape index (κ1) is 13.1. The maximum absolute atomic E-state index is 11.7. The van der Waals surface area contributed by atoms with Gasteiger partial charge in [-0.1, -0.05) is 12.5 Å². The molecule has 0 aromatic carbocycles. The van der Waals surface area contributed by atoms with Crippen LogP contribution in [0.1, 0.15) is 42.5 Å². The normalized spacial score (nSPS) is 10.1. The number of nitrogens with zero attached hydrogens (tertiary/aromatic N) is 1. The summed E-state index contributed by atoms with van der Waals surface area (Å²) in [5.74, 6) is 0.174. The smallest absolute Gasteiger partial charge is 0.164 e. The van der Waals surface area contributed by atoms with E-state index in [-0.39, 0.29) is 5.78 Å². The van der Waals surface area contributed by atoms with Crippen LogP contribution < -0.4 is 0 Å². The molecule has 0 N–H and O–H groups in total. The predicted molar refractivity (Wildman–Crippen MR) is 69.5 cm³/mol. The molecule has 1 rings (SSSR count). The number of unbranched alkanes of at least 4 members (excludes halogenated alkanes) is 3. The van der Waals surface area contributed by atoms with Crippen molar-refractivity contribution in [1.29, 1.82) is 0 Å². The average molecular weight is 282 g/mol. The molecule has 0 amide bonds. The number of pyridine rings is 1. The highest BCUT2D eigenvalue weighted by atomic mass is 79.9. The minimum Gasteiger partial charge on any atom is -0.294 e. The fourth-order valence-corrected chi connectivity index (χ4v) is 1.82. The van der Waals surface area contributed by atoms with Gasteiger partial charge >= 0.3 is 0 Å². The molecule has 0 aliphatic carbocycles. The Morgan fingerprint density at radius 3 is 2.88 bits per heavy atom. The average Bonchev–Trinajstić information content (AvgIpc) is 2.28. The third-order valence-corrected chi connectivity index (χ3v) is 2.77. The van der Waals surface area contributed by atoms with Crippen molar-refractivity contribution in [3.05, 3.63) is 41.2 Å². The molecule has 0 bridgehead atoms. The quantitative estimate of drug-likeness (QED) is 0.427. The number of ketones is 1. The second-order valence-corrected chi connectivity index (χ2v) is 4.62. The number of carbonyl (C=O) groups is 1. The Labute approximate surface area is 105 Å². The number of hydrogen-bond acceptors (Lipinski definition) is 2. The Hall–Kier alpha value is -0.960. The van der Waals surface area contributed by atoms with Crippen LogP contribution in [-0.4, -0.2) is 10.8 Å². The molecule has 0 aliphatic rings. The van der Waals surface area contributed by atoms with E-state index in [1.807, 2.05) is 12.1 Å². The maximum atomic E-state index is 11.7. The molecule has 0 spiro atoms. The van der Waals surface area contributed by atoms with Gasteiger partial charge in [0, 0.05) is 28.9 Å². The summed E-state index contributed by atoms with van der Waals surface area (Å²) in [6.07, 6.45) is 10.0.